The van der Waals surface area contributed by atoms with E-state index in [9.17, 15) is 0 Å². The second-order valence-electron chi connectivity index (χ2n) is 9.67. The predicted octanol–water partition coefficient (Wildman–Crippen LogP) is 6.73. The van der Waals surface area contributed by atoms with E-state index in [0.717, 1.165) is 51.3 Å². The molecule has 0 amide bonds. The first-order valence-corrected chi connectivity index (χ1v) is 12.0. The van der Waals surface area contributed by atoms with Crippen LogP contribution in [0.4, 0.5) is 0 Å². The van der Waals surface area contributed by atoms with Gasteiger partial charge >= 0.3 is 0 Å². The van der Waals surface area contributed by atoms with Crippen molar-refractivity contribution in [2.75, 3.05) is 0 Å². The molecule has 0 radical (unpaired) electrons. The number of fused-ring (bicyclic) bond motifs is 16. The van der Waals surface area contributed by atoms with Gasteiger partial charge in [-0.2, -0.15) is 0 Å². The Morgan fingerprint density at radius 2 is 1.49 bits per heavy atom. The summed E-state index contributed by atoms with van der Waals surface area (Å²) >= 11 is 0. The molecule has 7 aromatic rings. The van der Waals surface area contributed by atoms with Crippen LogP contribution >= 0.6 is 0 Å². The minimum absolute atomic E-state index is 0.909. The maximum Gasteiger partial charge on any atom is 0.147 e. The minimum Gasteiger partial charge on any atom is -0.276 e. The Morgan fingerprint density at radius 3 is 2.46 bits per heavy atom. The predicted molar refractivity (Wildman–Crippen MR) is 140 cm³/mol. The molecule has 0 unspecified atom stereocenters. The second-order valence-corrected chi connectivity index (χ2v) is 9.67. The molecule has 35 heavy (non-hydrogen) atoms. The molecule has 162 valence electrons. The lowest BCUT2D eigenvalue weighted by Gasteiger charge is -2.10. The Morgan fingerprint density at radius 1 is 0.629 bits per heavy atom. The summed E-state index contributed by atoms with van der Waals surface area (Å²) in [4.78, 5) is 14.5. The van der Waals surface area contributed by atoms with Crippen molar-refractivity contribution in [3.63, 3.8) is 0 Å². The molecule has 4 nitrogen and oxygen atoms in total. The van der Waals surface area contributed by atoms with Gasteiger partial charge in [0.05, 0.1) is 11.0 Å². The van der Waals surface area contributed by atoms with Gasteiger partial charge in [0, 0.05) is 41.2 Å². The van der Waals surface area contributed by atoms with Crippen molar-refractivity contribution in [2.24, 2.45) is 0 Å². The van der Waals surface area contributed by atoms with Crippen LogP contribution in [0, 0.1) is 0 Å². The first kappa shape index (κ1) is 17.8. The highest BCUT2D eigenvalue weighted by atomic mass is 15.1. The molecule has 4 heteroatoms. The van der Waals surface area contributed by atoms with Crippen molar-refractivity contribution >= 4 is 38.5 Å². The van der Waals surface area contributed by atoms with Gasteiger partial charge in [-0.05, 0) is 75.2 Å². The molecule has 0 N–H and O–H groups in total. The van der Waals surface area contributed by atoms with E-state index >= 15 is 0 Å². The SMILES string of the molecule is c1ccc2c(c1)Cc1ccc3c(c1-2)-c1ccc2c(nc4c5ccncc5c5cccnc5n24)c1C3. The maximum atomic E-state index is 5.28. The van der Waals surface area contributed by atoms with Crippen molar-refractivity contribution < 1.29 is 0 Å². The monoisotopic (exact) mass is 446 g/mol. The van der Waals surface area contributed by atoms with Crippen molar-refractivity contribution in [3.05, 3.63) is 108 Å². The van der Waals surface area contributed by atoms with Crippen LogP contribution in [-0.2, 0) is 12.8 Å². The van der Waals surface area contributed by atoms with Crippen LogP contribution in [-0.4, -0.2) is 19.4 Å². The van der Waals surface area contributed by atoms with E-state index in [1.54, 1.807) is 0 Å². The van der Waals surface area contributed by atoms with Gasteiger partial charge in [0.2, 0.25) is 0 Å². The molecule has 2 aliphatic carbocycles. The smallest absolute Gasteiger partial charge is 0.147 e. The maximum absolute atomic E-state index is 5.28. The van der Waals surface area contributed by atoms with Gasteiger partial charge < -0.3 is 0 Å². The molecule has 0 saturated carbocycles. The molecule has 0 bridgehead atoms. The average Bonchev–Trinajstić information content (AvgIpc) is 3.59. The number of nitrogens with zero attached hydrogens (tertiary/aromatic N) is 4. The molecule has 2 aliphatic rings. The summed E-state index contributed by atoms with van der Waals surface area (Å²) in [6.07, 6.45) is 7.57. The first-order valence-electron chi connectivity index (χ1n) is 12.0. The summed E-state index contributed by atoms with van der Waals surface area (Å²) < 4.78 is 2.23. The van der Waals surface area contributed by atoms with Crippen LogP contribution in [0.15, 0.2) is 85.3 Å². The summed E-state index contributed by atoms with van der Waals surface area (Å²) in [7, 11) is 0. The van der Waals surface area contributed by atoms with Crippen LogP contribution in [0.5, 0.6) is 0 Å². The molecule has 0 fully saturated rings. The molecular weight excluding hydrogens is 428 g/mol. The van der Waals surface area contributed by atoms with Gasteiger partial charge in [0.25, 0.3) is 0 Å². The van der Waals surface area contributed by atoms with Crippen LogP contribution in [0.2, 0.25) is 0 Å². The molecule has 3 aromatic carbocycles. The van der Waals surface area contributed by atoms with Gasteiger partial charge in [0.15, 0.2) is 0 Å². The summed E-state index contributed by atoms with van der Waals surface area (Å²) in [5.74, 6) is 0. The van der Waals surface area contributed by atoms with Gasteiger partial charge in [0.1, 0.15) is 11.3 Å². The Balaban J connectivity index is 1.42. The van der Waals surface area contributed by atoms with Crippen LogP contribution in [0.25, 0.3) is 60.7 Å². The third kappa shape index (κ3) is 2.11. The van der Waals surface area contributed by atoms with E-state index in [4.69, 9.17) is 9.97 Å². The highest BCUT2D eigenvalue weighted by molar-refractivity contribution is 6.13. The van der Waals surface area contributed by atoms with E-state index in [2.05, 4.69) is 70.0 Å². The molecule has 9 rings (SSSR count). The van der Waals surface area contributed by atoms with Crippen LogP contribution in [0.1, 0.15) is 22.3 Å². The first-order chi connectivity index (χ1) is 17.4. The molecule has 0 spiro atoms. The number of rotatable bonds is 0. The highest BCUT2D eigenvalue weighted by Gasteiger charge is 2.30. The highest BCUT2D eigenvalue weighted by Crippen LogP contribution is 2.50. The van der Waals surface area contributed by atoms with Gasteiger partial charge in [-0.1, -0.05) is 42.5 Å². The zero-order valence-electron chi connectivity index (χ0n) is 18.8. The van der Waals surface area contributed by atoms with Gasteiger partial charge in [-0.15, -0.1) is 0 Å². The number of hydrogen-bond acceptors (Lipinski definition) is 3. The fraction of sp³-hybridized carbons (Fsp3) is 0.0645. The number of aromatic nitrogens is 4. The fourth-order valence-corrected chi connectivity index (χ4v) is 6.51. The van der Waals surface area contributed by atoms with Gasteiger partial charge in [-0.25, -0.2) is 9.97 Å². The lowest BCUT2D eigenvalue weighted by molar-refractivity contribution is 1.23. The summed E-state index contributed by atoms with van der Waals surface area (Å²) in [5, 5.41) is 3.30. The van der Waals surface area contributed by atoms with E-state index in [1.807, 2.05) is 24.7 Å². The van der Waals surface area contributed by atoms with E-state index in [0.29, 0.717) is 0 Å². The number of pyridine rings is 3. The van der Waals surface area contributed by atoms with E-state index < -0.39 is 0 Å². The molecular formula is C31H18N4. The lowest BCUT2D eigenvalue weighted by Crippen LogP contribution is -1.94. The Kier molecular flexibility index (Phi) is 3.11. The van der Waals surface area contributed by atoms with Crippen LogP contribution < -0.4 is 0 Å². The normalized spacial score (nSPS) is 13.5. The number of hydrogen-bond donors (Lipinski definition) is 0. The average molecular weight is 447 g/mol. The largest absolute Gasteiger partial charge is 0.276 e. The van der Waals surface area contributed by atoms with Crippen molar-refractivity contribution in [3.8, 4) is 22.3 Å². The van der Waals surface area contributed by atoms with Crippen LogP contribution in [0.3, 0.4) is 0 Å². The number of benzene rings is 3. The standard InChI is InChI=1S/C31H18N4/c1-2-5-20-17(4-1)14-18-7-8-19-15-24-21(28(19)27(18)20)9-10-26-29(24)34-31-23-11-13-32-16-25(23)22-6-3-12-33-30(22)35(26)31/h1-13,16H,14-15H2. The lowest BCUT2D eigenvalue weighted by atomic mass is 9.94. The Labute approximate surface area is 200 Å². The Bertz CT molecular complexity index is 2070. The zero-order chi connectivity index (χ0) is 22.7. The molecule has 0 aliphatic heterocycles. The summed E-state index contributed by atoms with van der Waals surface area (Å²) in [6, 6.07) is 24.3. The number of imidazole rings is 1. The minimum atomic E-state index is 0.909. The third-order valence-corrected chi connectivity index (χ3v) is 7.96. The fourth-order valence-electron chi connectivity index (χ4n) is 6.51. The van der Waals surface area contributed by atoms with Crippen molar-refractivity contribution in [1.82, 2.24) is 19.4 Å². The van der Waals surface area contributed by atoms with Crippen molar-refractivity contribution in [2.45, 2.75) is 12.8 Å². The molecule has 0 saturated heterocycles. The topological polar surface area (TPSA) is 43.1 Å². The van der Waals surface area contributed by atoms with Crippen molar-refractivity contribution in [1.29, 1.82) is 0 Å². The summed E-state index contributed by atoms with van der Waals surface area (Å²) in [6.45, 7) is 0. The second kappa shape index (κ2) is 6.10. The van der Waals surface area contributed by atoms with E-state index in [-0.39, 0.29) is 0 Å². The zero-order valence-corrected chi connectivity index (χ0v) is 18.8. The molecule has 4 aromatic heterocycles. The molecule has 0 atom stereocenters. The summed E-state index contributed by atoms with van der Waals surface area (Å²) in [5.41, 5.74) is 15.2. The third-order valence-electron chi connectivity index (χ3n) is 7.96. The quantitative estimate of drug-likeness (QED) is 0.243. The van der Waals surface area contributed by atoms with E-state index in [1.165, 1.54) is 44.5 Å². The molecule has 4 heterocycles. The van der Waals surface area contributed by atoms with Gasteiger partial charge in [-0.3, -0.25) is 9.38 Å². The Hall–Kier alpha value is -4.57.